The molecule has 3 rings (SSSR count). The Labute approximate surface area is 92.1 Å². The molecule has 0 spiro atoms. The Morgan fingerprint density at radius 1 is 1.06 bits per heavy atom. The van der Waals surface area contributed by atoms with E-state index in [9.17, 15) is 0 Å². The Hall–Kier alpha value is -2.36. The van der Waals surface area contributed by atoms with Gasteiger partial charge in [0, 0.05) is 17.8 Å². The summed E-state index contributed by atoms with van der Waals surface area (Å²) in [5.41, 5.74) is 2.76. The first-order valence-electron chi connectivity index (χ1n) is 4.94. The quantitative estimate of drug-likeness (QED) is 0.654. The predicted octanol–water partition coefficient (Wildman–Crippen LogP) is 2.53. The zero-order valence-corrected chi connectivity index (χ0v) is 8.45. The molecule has 16 heavy (non-hydrogen) atoms. The molecule has 1 aromatic carbocycles. The summed E-state index contributed by atoms with van der Waals surface area (Å²) in [4.78, 5) is 0. The van der Waals surface area contributed by atoms with E-state index in [4.69, 9.17) is 4.52 Å². The Morgan fingerprint density at radius 3 is 2.69 bits per heavy atom. The standard InChI is InChI=1S/C12H9N3O/c1-2-4-11(5-3-1)15-9-10(8-13-15)12-6-7-16-14-12/h1-9H. The molecule has 0 amide bonds. The van der Waals surface area contributed by atoms with Crippen molar-refractivity contribution in [3.63, 3.8) is 0 Å². The van der Waals surface area contributed by atoms with Crippen LogP contribution in [0.3, 0.4) is 0 Å². The van der Waals surface area contributed by atoms with Gasteiger partial charge in [-0.25, -0.2) is 4.68 Å². The summed E-state index contributed by atoms with van der Waals surface area (Å²) in [6, 6.07) is 11.7. The molecule has 0 aliphatic heterocycles. The molecule has 0 aliphatic rings. The van der Waals surface area contributed by atoms with Gasteiger partial charge >= 0.3 is 0 Å². The lowest BCUT2D eigenvalue weighted by molar-refractivity contribution is 0.422. The van der Waals surface area contributed by atoms with Gasteiger partial charge in [-0.2, -0.15) is 5.10 Å². The summed E-state index contributed by atoms with van der Waals surface area (Å²) in [5, 5.41) is 8.14. The van der Waals surface area contributed by atoms with Crippen molar-refractivity contribution >= 4 is 0 Å². The third-order valence-electron chi connectivity index (χ3n) is 2.34. The SMILES string of the molecule is c1ccc(-n2cc(-c3ccon3)cn2)cc1. The zero-order valence-electron chi connectivity index (χ0n) is 8.45. The number of hydrogen-bond acceptors (Lipinski definition) is 3. The van der Waals surface area contributed by atoms with Crippen molar-refractivity contribution in [3.8, 4) is 16.9 Å². The zero-order chi connectivity index (χ0) is 10.8. The number of rotatable bonds is 2. The van der Waals surface area contributed by atoms with Crippen LogP contribution in [0, 0.1) is 0 Å². The van der Waals surface area contributed by atoms with Gasteiger partial charge < -0.3 is 4.52 Å². The molecule has 0 fully saturated rings. The molecule has 4 heteroatoms. The van der Waals surface area contributed by atoms with Gasteiger partial charge in [-0.05, 0) is 12.1 Å². The van der Waals surface area contributed by atoms with E-state index in [2.05, 4.69) is 10.3 Å². The van der Waals surface area contributed by atoms with Crippen molar-refractivity contribution in [3.05, 3.63) is 55.1 Å². The van der Waals surface area contributed by atoms with Crippen LogP contribution in [0.2, 0.25) is 0 Å². The fourth-order valence-electron chi connectivity index (χ4n) is 1.54. The van der Waals surface area contributed by atoms with Gasteiger partial charge in [-0.15, -0.1) is 0 Å². The topological polar surface area (TPSA) is 43.9 Å². The summed E-state index contributed by atoms with van der Waals surface area (Å²) < 4.78 is 6.61. The first kappa shape index (κ1) is 8.91. The molecule has 2 heterocycles. The minimum absolute atomic E-state index is 0.794. The monoisotopic (exact) mass is 211 g/mol. The molecular formula is C12H9N3O. The van der Waals surface area contributed by atoms with Crippen molar-refractivity contribution in [2.75, 3.05) is 0 Å². The molecule has 0 N–H and O–H groups in total. The van der Waals surface area contributed by atoms with Crippen LogP contribution in [0.4, 0.5) is 0 Å². The Kier molecular flexibility index (Phi) is 2.04. The molecule has 0 aliphatic carbocycles. The average Bonchev–Trinajstić information content (AvgIpc) is 3.01. The summed E-state index contributed by atoms with van der Waals surface area (Å²) >= 11 is 0. The molecule has 4 nitrogen and oxygen atoms in total. The Morgan fingerprint density at radius 2 is 1.94 bits per heavy atom. The summed E-state index contributed by atoms with van der Waals surface area (Å²) in [5.74, 6) is 0. The lowest BCUT2D eigenvalue weighted by Crippen LogP contribution is -1.92. The van der Waals surface area contributed by atoms with Crippen molar-refractivity contribution in [2.24, 2.45) is 0 Å². The van der Waals surface area contributed by atoms with Gasteiger partial charge in [0.2, 0.25) is 0 Å². The van der Waals surface area contributed by atoms with Crippen LogP contribution in [-0.4, -0.2) is 14.9 Å². The molecule has 0 saturated carbocycles. The number of benzene rings is 1. The summed E-state index contributed by atoms with van der Waals surface area (Å²) in [6.07, 6.45) is 5.24. The van der Waals surface area contributed by atoms with Crippen LogP contribution in [0.5, 0.6) is 0 Å². The van der Waals surface area contributed by atoms with E-state index < -0.39 is 0 Å². The normalized spacial score (nSPS) is 10.5. The second-order valence-electron chi connectivity index (χ2n) is 3.39. The van der Waals surface area contributed by atoms with Crippen LogP contribution in [-0.2, 0) is 0 Å². The molecule has 3 aromatic rings. The van der Waals surface area contributed by atoms with Gasteiger partial charge in [0.1, 0.15) is 12.0 Å². The van der Waals surface area contributed by atoms with Gasteiger partial charge in [-0.1, -0.05) is 23.4 Å². The Bertz CT molecular complexity index is 569. The second kappa shape index (κ2) is 3.66. The van der Waals surface area contributed by atoms with Crippen molar-refractivity contribution in [1.82, 2.24) is 14.9 Å². The fraction of sp³-hybridized carbons (Fsp3) is 0. The largest absolute Gasteiger partial charge is 0.364 e. The highest BCUT2D eigenvalue weighted by Gasteiger charge is 2.04. The van der Waals surface area contributed by atoms with Gasteiger partial charge in [0.05, 0.1) is 11.9 Å². The van der Waals surface area contributed by atoms with Gasteiger partial charge in [-0.3, -0.25) is 0 Å². The lowest BCUT2D eigenvalue weighted by Gasteiger charge is -1.98. The van der Waals surface area contributed by atoms with E-state index in [1.165, 1.54) is 0 Å². The summed E-state index contributed by atoms with van der Waals surface area (Å²) in [7, 11) is 0. The molecule has 0 unspecified atom stereocenters. The van der Waals surface area contributed by atoms with E-state index in [-0.39, 0.29) is 0 Å². The number of hydrogen-bond donors (Lipinski definition) is 0. The minimum Gasteiger partial charge on any atom is -0.364 e. The fourth-order valence-corrected chi connectivity index (χ4v) is 1.54. The molecule has 0 radical (unpaired) electrons. The van der Waals surface area contributed by atoms with E-state index in [1.807, 2.05) is 47.3 Å². The molecule has 0 bridgehead atoms. The van der Waals surface area contributed by atoms with Crippen LogP contribution < -0.4 is 0 Å². The number of nitrogens with zero attached hydrogens (tertiary/aromatic N) is 3. The van der Waals surface area contributed by atoms with Crippen molar-refractivity contribution in [2.45, 2.75) is 0 Å². The lowest BCUT2D eigenvalue weighted by atomic mass is 10.2. The highest BCUT2D eigenvalue weighted by molar-refractivity contribution is 5.56. The smallest absolute Gasteiger partial charge is 0.124 e. The van der Waals surface area contributed by atoms with Crippen molar-refractivity contribution < 1.29 is 4.52 Å². The predicted molar refractivity (Wildman–Crippen MR) is 59.1 cm³/mol. The highest BCUT2D eigenvalue weighted by atomic mass is 16.5. The molecule has 0 saturated heterocycles. The van der Waals surface area contributed by atoms with E-state index in [0.717, 1.165) is 16.9 Å². The highest BCUT2D eigenvalue weighted by Crippen LogP contribution is 2.17. The molecule has 2 aromatic heterocycles. The van der Waals surface area contributed by atoms with Crippen LogP contribution in [0.15, 0.2) is 59.6 Å². The first-order chi connectivity index (χ1) is 7.93. The molecular weight excluding hydrogens is 202 g/mol. The third-order valence-corrected chi connectivity index (χ3v) is 2.34. The summed E-state index contributed by atoms with van der Waals surface area (Å²) in [6.45, 7) is 0. The van der Waals surface area contributed by atoms with E-state index in [0.29, 0.717) is 0 Å². The maximum absolute atomic E-state index is 4.80. The molecule has 78 valence electrons. The van der Waals surface area contributed by atoms with Crippen LogP contribution in [0.1, 0.15) is 0 Å². The van der Waals surface area contributed by atoms with E-state index >= 15 is 0 Å². The van der Waals surface area contributed by atoms with Crippen LogP contribution >= 0.6 is 0 Å². The maximum Gasteiger partial charge on any atom is 0.124 e. The number of aromatic nitrogens is 3. The number of para-hydroxylation sites is 1. The molecule has 0 atom stereocenters. The first-order valence-corrected chi connectivity index (χ1v) is 4.94. The van der Waals surface area contributed by atoms with Crippen LogP contribution in [0.25, 0.3) is 16.9 Å². The third kappa shape index (κ3) is 1.50. The second-order valence-corrected chi connectivity index (χ2v) is 3.39. The maximum atomic E-state index is 4.80. The average molecular weight is 211 g/mol. The van der Waals surface area contributed by atoms with Crippen molar-refractivity contribution in [1.29, 1.82) is 0 Å². The van der Waals surface area contributed by atoms with Gasteiger partial charge in [0.25, 0.3) is 0 Å². The Balaban J connectivity index is 2.00. The van der Waals surface area contributed by atoms with Gasteiger partial charge in [0.15, 0.2) is 0 Å². The minimum atomic E-state index is 0.794. The van der Waals surface area contributed by atoms with E-state index in [1.54, 1.807) is 12.5 Å².